The lowest BCUT2D eigenvalue weighted by molar-refractivity contribution is 0.471. The summed E-state index contributed by atoms with van der Waals surface area (Å²) in [4.78, 5) is 0. The van der Waals surface area contributed by atoms with Crippen molar-refractivity contribution in [3.8, 4) is 5.75 Å². The zero-order chi connectivity index (χ0) is 14.0. The number of benzene rings is 1. The fourth-order valence-corrected chi connectivity index (χ4v) is 2.21. The SMILES string of the molecule is CCc1nn(C)cc1CNc1cc(C)c(O)cc1C. The van der Waals surface area contributed by atoms with Gasteiger partial charge in [-0.05, 0) is 43.5 Å². The molecule has 0 unspecified atom stereocenters. The van der Waals surface area contributed by atoms with E-state index in [1.165, 1.54) is 5.56 Å². The van der Waals surface area contributed by atoms with E-state index in [2.05, 4.69) is 23.5 Å². The van der Waals surface area contributed by atoms with Crippen LogP contribution in [0.1, 0.15) is 29.3 Å². The number of aryl methyl sites for hydroxylation is 4. The molecule has 0 fully saturated rings. The first-order valence-corrected chi connectivity index (χ1v) is 6.56. The summed E-state index contributed by atoms with van der Waals surface area (Å²) >= 11 is 0. The molecule has 0 spiro atoms. The summed E-state index contributed by atoms with van der Waals surface area (Å²) in [6, 6.07) is 3.77. The maximum atomic E-state index is 9.65. The van der Waals surface area contributed by atoms with Gasteiger partial charge in [0.25, 0.3) is 0 Å². The summed E-state index contributed by atoms with van der Waals surface area (Å²) in [5, 5.41) is 17.5. The van der Waals surface area contributed by atoms with Crippen molar-refractivity contribution >= 4 is 5.69 Å². The zero-order valence-electron chi connectivity index (χ0n) is 12.0. The molecule has 4 nitrogen and oxygen atoms in total. The molecule has 2 rings (SSSR count). The van der Waals surface area contributed by atoms with Crippen LogP contribution >= 0.6 is 0 Å². The third kappa shape index (κ3) is 2.89. The fourth-order valence-electron chi connectivity index (χ4n) is 2.21. The Morgan fingerprint density at radius 3 is 2.68 bits per heavy atom. The molecule has 0 atom stereocenters. The summed E-state index contributed by atoms with van der Waals surface area (Å²) in [6.45, 7) is 6.76. The van der Waals surface area contributed by atoms with E-state index in [-0.39, 0.29) is 0 Å². The monoisotopic (exact) mass is 259 g/mol. The van der Waals surface area contributed by atoms with Crippen molar-refractivity contribution in [1.82, 2.24) is 9.78 Å². The van der Waals surface area contributed by atoms with Crippen molar-refractivity contribution in [3.05, 3.63) is 40.7 Å². The van der Waals surface area contributed by atoms with Crippen LogP contribution < -0.4 is 5.32 Å². The maximum absolute atomic E-state index is 9.65. The molecule has 0 aliphatic heterocycles. The third-order valence-electron chi connectivity index (χ3n) is 3.34. The Labute approximate surface area is 114 Å². The van der Waals surface area contributed by atoms with Crippen LogP contribution in [0, 0.1) is 13.8 Å². The van der Waals surface area contributed by atoms with Crippen molar-refractivity contribution in [2.75, 3.05) is 5.32 Å². The highest BCUT2D eigenvalue weighted by Gasteiger charge is 2.07. The quantitative estimate of drug-likeness (QED) is 0.830. The van der Waals surface area contributed by atoms with Crippen LogP contribution in [-0.4, -0.2) is 14.9 Å². The first kappa shape index (κ1) is 13.5. The van der Waals surface area contributed by atoms with E-state index in [9.17, 15) is 5.11 Å². The highest BCUT2D eigenvalue weighted by molar-refractivity contribution is 5.56. The number of nitrogens with one attached hydrogen (secondary N) is 1. The molecular weight excluding hydrogens is 238 g/mol. The molecule has 0 amide bonds. The molecule has 0 bridgehead atoms. The van der Waals surface area contributed by atoms with Gasteiger partial charge in [-0.25, -0.2) is 0 Å². The lowest BCUT2D eigenvalue weighted by Gasteiger charge is -2.11. The molecule has 102 valence electrons. The van der Waals surface area contributed by atoms with Gasteiger partial charge in [0.2, 0.25) is 0 Å². The molecule has 0 saturated carbocycles. The fraction of sp³-hybridized carbons (Fsp3) is 0.400. The highest BCUT2D eigenvalue weighted by atomic mass is 16.3. The number of rotatable bonds is 4. The van der Waals surface area contributed by atoms with Crippen molar-refractivity contribution in [1.29, 1.82) is 0 Å². The summed E-state index contributed by atoms with van der Waals surface area (Å²) in [7, 11) is 1.94. The van der Waals surface area contributed by atoms with Crippen LogP contribution in [0.4, 0.5) is 5.69 Å². The van der Waals surface area contributed by atoms with E-state index in [1.54, 1.807) is 6.07 Å². The van der Waals surface area contributed by atoms with E-state index in [4.69, 9.17) is 0 Å². The van der Waals surface area contributed by atoms with Gasteiger partial charge in [-0.2, -0.15) is 5.10 Å². The average molecular weight is 259 g/mol. The number of hydrogen-bond donors (Lipinski definition) is 2. The van der Waals surface area contributed by atoms with Gasteiger partial charge in [0.1, 0.15) is 5.75 Å². The first-order valence-electron chi connectivity index (χ1n) is 6.56. The Morgan fingerprint density at radius 1 is 1.26 bits per heavy atom. The lowest BCUT2D eigenvalue weighted by atomic mass is 10.1. The standard InChI is InChI=1S/C15H21N3O/c1-5-13-12(9-18(4)17-13)8-16-14-6-11(3)15(19)7-10(14)2/h6-7,9,16,19H,5,8H2,1-4H3. The van der Waals surface area contributed by atoms with Crippen LogP contribution in [0.3, 0.4) is 0 Å². The zero-order valence-corrected chi connectivity index (χ0v) is 12.0. The molecule has 1 aromatic heterocycles. The smallest absolute Gasteiger partial charge is 0.118 e. The number of aromatic nitrogens is 2. The van der Waals surface area contributed by atoms with Gasteiger partial charge in [0.05, 0.1) is 5.69 Å². The number of phenols is 1. The van der Waals surface area contributed by atoms with Crippen molar-refractivity contribution in [3.63, 3.8) is 0 Å². The largest absolute Gasteiger partial charge is 0.508 e. The molecule has 19 heavy (non-hydrogen) atoms. The highest BCUT2D eigenvalue weighted by Crippen LogP contribution is 2.25. The van der Waals surface area contributed by atoms with Crippen LogP contribution in [-0.2, 0) is 20.0 Å². The Hall–Kier alpha value is -1.97. The second-order valence-corrected chi connectivity index (χ2v) is 4.94. The Balaban J connectivity index is 2.16. The van der Waals surface area contributed by atoms with Crippen molar-refractivity contribution in [2.24, 2.45) is 7.05 Å². The van der Waals surface area contributed by atoms with Gasteiger partial charge >= 0.3 is 0 Å². The summed E-state index contributed by atoms with van der Waals surface area (Å²) in [5.41, 5.74) is 5.33. The van der Waals surface area contributed by atoms with Gasteiger partial charge in [0, 0.05) is 31.0 Å². The Bertz CT molecular complexity index is 587. The number of anilines is 1. The van der Waals surface area contributed by atoms with Gasteiger partial charge < -0.3 is 10.4 Å². The molecular formula is C15H21N3O. The van der Waals surface area contributed by atoms with Crippen molar-refractivity contribution < 1.29 is 5.11 Å². The first-order chi connectivity index (χ1) is 9.01. The van der Waals surface area contributed by atoms with E-state index < -0.39 is 0 Å². The Morgan fingerprint density at radius 2 is 2.00 bits per heavy atom. The Kier molecular flexibility index (Phi) is 3.79. The molecule has 1 aromatic carbocycles. The molecule has 0 radical (unpaired) electrons. The molecule has 1 heterocycles. The molecule has 2 N–H and O–H groups in total. The van der Waals surface area contributed by atoms with Gasteiger partial charge in [-0.15, -0.1) is 0 Å². The predicted octanol–water partition coefficient (Wildman–Crippen LogP) is 2.92. The summed E-state index contributed by atoms with van der Waals surface area (Å²) in [6.07, 6.45) is 2.99. The van der Waals surface area contributed by atoms with Gasteiger partial charge in [-0.1, -0.05) is 6.92 Å². The van der Waals surface area contributed by atoms with E-state index >= 15 is 0 Å². The number of phenolic OH excluding ortho intramolecular Hbond substituents is 1. The van der Waals surface area contributed by atoms with Crippen LogP contribution in [0.15, 0.2) is 18.3 Å². The minimum absolute atomic E-state index is 0.346. The average Bonchev–Trinajstić information content (AvgIpc) is 2.72. The molecule has 0 aliphatic carbocycles. The summed E-state index contributed by atoms with van der Waals surface area (Å²) < 4.78 is 1.85. The van der Waals surface area contributed by atoms with E-state index in [0.29, 0.717) is 5.75 Å². The lowest BCUT2D eigenvalue weighted by Crippen LogP contribution is -2.02. The molecule has 0 aliphatic rings. The van der Waals surface area contributed by atoms with E-state index in [1.807, 2.05) is 31.6 Å². The molecule has 2 aromatic rings. The number of hydrogen-bond acceptors (Lipinski definition) is 3. The predicted molar refractivity (Wildman–Crippen MR) is 77.5 cm³/mol. The molecule has 4 heteroatoms. The third-order valence-corrected chi connectivity index (χ3v) is 3.34. The van der Waals surface area contributed by atoms with E-state index in [0.717, 1.165) is 35.5 Å². The normalized spacial score (nSPS) is 10.7. The summed E-state index contributed by atoms with van der Waals surface area (Å²) in [5.74, 6) is 0.346. The van der Waals surface area contributed by atoms with Gasteiger partial charge in [-0.3, -0.25) is 4.68 Å². The minimum Gasteiger partial charge on any atom is -0.508 e. The van der Waals surface area contributed by atoms with Crippen molar-refractivity contribution in [2.45, 2.75) is 33.7 Å². The van der Waals surface area contributed by atoms with Gasteiger partial charge in [0.15, 0.2) is 0 Å². The minimum atomic E-state index is 0.346. The van der Waals surface area contributed by atoms with Crippen LogP contribution in [0.5, 0.6) is 5.75 Å². The second kappa shape index (κ2) is 5.34. The maximum Gasteiger partial charge on any atom is 0.118 e. The topological polar surface area (TPSA) is 50.1 Å². The molecule has 0 saturated heterocycles. The second-order valence-electron chi connectivity index (χ2n) is 4.94. The van der Waals surface area contributed by atoms with Crippen LogP contribution in [0.2, 0.25) is 0 Å². The number of nitrogens with zero attached hydrogens (tertiary/aromatic N) is 2. The number of aromatic hydroxyl groups is 1. The van der Waals surface area contributed by atoms with Crippen LogP contribution in [0.25, 0.3) is 0 Å².